The standard InChI is InChI=1S/C52H45NO/c1-36-16-23-46(31-38(36)3)50(44-12-8-6-9-13-44)33-41-18-25-48(26-19-41)53(52-29-22-43(35-54)30-40(52)5)49-27-20-42(21-28-49)34-51(45-14-10-7-11-15-45)47-24-17-37(2)39(4)32-47/h6-35H,1-5H3/b50-33-,51-34-. The molecule has 0 radical (unpaired) electrons. The molecule has 0 spiro atoms. The first-order chi connectivity index (χ1) is 26.3. The summed E-state index contributed by atoms with van der Waals surface area (Å²) >= 11 is 0. The predicted octanol–water partition coefficient (Wildman–Crippen LogP) is 13.7. The minimum absolute atomic E-state index is 0.664. The van der Waals surface area contributed by atoms with Gasteiger partial charge in [0.2, 0.25) is 0 Å². The SMILES string of the molecule is Cc1ccc(/C(=C\c2ccc(N(c3ccc(/C=C(/c4ccccc4)c4ccc(C)c(C)c4)cc3)c3ccc(C=O)cc3C)cc2)c2ccccc2)cc1C. The smallest absolute Gasteiger partial charge is 0.150 e. The van der Waals surface area contributed by atoms with E-state index in [4.69, 9.17) is 0 Å². The number of rotatable bonds is 10. The highest BCUT2D eigenvalue weighted by Gasteiger charge is 2.16. The van der Waals surface area contributed by atoms with Gasteiger partial charge in [0, 0.05) is 22.6 Å². The van der Waals surface area contributed by atoms with Crippen LogP contribution in [-0.4, -0.2) is 6.29 Å². The Labute approximate surface area is 320 Å². The molecule has 0 amide bonds. The van der Waals surface area contributed by atoms with Crippen LogP contribution in [-0.2, 0) is 0 Å². The maximum absolute atomic E-state index is 11.7. The third-order valence-corrected chi connectivity index (χ3v) is 10.3. The molecule has 7 rings (SSSR count). The fourth-order valence-electron chi connectivity index (χ4n) is 6.92. The molecule has 0 atom stereocenters. The van der Waals surface area contributed by atoms with Crippen LogP contribution in [0.3, 0.4) is 0 Å². The molecule has 0 saturated carbocycles. The maximum Gasteiger partial charge on any atom is 0.150 e. The number of carbonyl (C=O) groups excluding carboxylic acids is 1. The van der Waals surface area contributed by atoms with E-state index in [2.05, 4.69) is 197 Å². The van der Waals surface area contributed by atoms with E-state index in [0.29, 0.717) is 5.56 Å². The normalized spacial score (nSPS) is 11.7. The Bertz CT molecular complexity index is 2320. The van der Waals surface area contributed by atoms with Gasteiger partial charge < -0.3 is 4.90 Å². The zero-order chi connectivity index (χ0) is 37.6. The van der Waals surface area contributed by atoms with Gasteiger partial charge in [0.05, 0.1) is 0 Å². The van der Waals surface area contributed by atoms with Gasteiger partial charge in [0.1, 0.15) is 6.29 Å². The Kier molecular flexibility index (Phi) is 10.6. The van der Waals surface area contributed by atoms with Gasteiger partial charge in [-0.15, -0.1) is 0 Å². The number of carbonyl (C=O) groups is 1. The Balaban J connectivity index is 1.28. The van der Waals surface area contributed by atoms with E-state index < -0.39 is 0 Å². The summed E-state index contributed by atoms with van der Waals surface area (Å²) in [5.41, 5.74) is 19.2. The molecule has 0 saturated heterocycles. The summed E-state index contributed by atoms with van der Waals surface area (Å²) in [5, 5.41) is 0. The number of nitrogens with zero attached hydrogens (tertiary/aromatic N) is 1. The molecule has 0 fully saturated rings. The molecule has 0 aliphatic rings. The summed E-state index contributed by atoms with van der Waals surface area (Å²) in [4.78, 5) is 14.0. The van der Waals surface area contributed by atoms with E-state index >= 15 is 0 Å². The van der Waals surface area contributed by atoms with E-state index in [1.165, 1.54) is 55.7 Å². The lowest BCUT2D eigenvalue weighted by Crippen LogP contribution is -2.11. The van der Waals surface area contributed by atoms with Crippen LogP contribution in [0.25, 0.3) is 23.3 Å². The molecule has 0 aliphatic carbocycles. The highest BCUT2D eigenvalue weighted by atomic mass is 16.1. The largest absolute Gasteiger partial charge is 0.310 e. The quantitative estimate of drug-likeness (QED) is 0.105. The highest BCUT2D eigenvalue weighted by molar-refractivity contribution is 5.93. The second-order valence-corrected chi connectivity index (χ2v) is 14.1. The summed E-state index contributed by atoms with van der Waals surface area (Å²) in [5.74, 6) is 0. The minimum Gasteiger partial charge on any atom is -0.310 e. The fourth-order valence-corrected chi connectivity index (χ4v) is 6.92. The number of aldehydes is 1. The second-order valence-electron chi connectivity index (χ2n) is 14.1. The maximum atomic E-state index is 11.7. The van der Waals surface area contributed by atoms with Crippen molar-refractivity contribution in [2.24, 2.45) is 0 Å². The molecule has 264 valence electrons. The van der Waals surface area contributed by atoms with Crippen molar-refractivity contribution >= 4 is 46.6 Å². The molecule has 2 heteroatoms. The van der Waals surface area contributed by atoms with Crippen molar-refractivity contribution in [3.63, 3.8) is 0 Å². The molecule has 0 bridgehead atoms. The molecule has 0 heterocycles. The Hall–Kier alpha value is -6.51. The van der Waals surface area contributed by atoms with Gasteiger partial charge in [-0.3, -0.25) is 4.79 Å². The summed E-state index contributed by atoms with van der Waals surface area (Å²) < 4.78 is 0. The molecule has 0 aliphatic heterocycles. The molecule has 7 aromatic carbocycles. The van der Waals surface area contributed by atoms with Crippen molar-refractivity contribution in [1.82, 2.24) is 0 Å². The van der Waals surface area contributed by atoms with Crippen LogP contribution in [0.1, 0.15) is 71.6 Å². The van der Waals surface area contributed by atoms with Crippen LogP contribution in [0.5, 0.6) is 0 Å². The van der Waals surface area contributed by atoms with Gasteiger partial charge in [-0.25, -0.2) is 0 Å². The number of hydrogen-bond donors (Lipinski definition) is 0. The fraction of sp³-hybridized carbons (Fsp3) is 0.0962. The Morgan fingerprint density at radius 1 is 0.389 bits per heavy atom. The van der Waals surface area contributed by atoms with Gasteiger partial charge >= 0.3 is 0 Å². The number of hydrogen-bond acceptors (Lipinski definition) is 2. The van der Waals surface area contributed by atoms with Crippen LogP contribution in [0.4, 0.5) is 17.1 Å². The van der Waals surface area contributed by atoms with Crippen LogP contribution >= 0.6 is 0 Å². The molecule has 0 N–H and O–H groups in total. The van der Waals surface area contributed by atoms with E-state index in [-0.39, 0.29) is 0 Å². The summed E-state index contributed by atoms with van der Waals surface area (Å²) in [7, 11) is 0. The summed E-state index contributed by atoms with van der Waals surface area (Å²) in [6.45, 7) is 10.7. The molecular weight excluding hydrogens is 655 g/mol. The number of anilines is 3. The molecule has 54 heavy (non-hydrogen) atoms. The molecule has 2 nitrogen and oxygen atoms in total. The van der Waals surface area contributed by atoms with Gasteiger partial charge in [-0.05, 0) is 162 Å². The summed E-state index contributed by atoms with van der Waals surface area (Å²) in [6.07, 6.45) is 5.46. The van der Waals surface area contributed by atoms with E-state index in [0.717, 1.165) is 40.0 Å². The van der Waals surface area contributed by atoms with Gasteiger partial charge in [-0.1, -0.05) is 121 Å². The van der Waals surface area contributed by atoms with Crippen molar-refractivity contribution in [2.75, 3.05) is 4.90 Å². The van der Waals surface area contributed by atoms with Crippen LogP contribution in [0.2, 0.25) is 0 Å². The first-order valence-electron chi connectivity index (χ1n) is 18.5. The molecule has 0 unspecified atom stereocenters. The lowest BCUT2D eigenvalue weighted by atomic mass is 9.93. The molecular formula is C52H45NO. The second kappa shape index (κ2) is 16.0. The monoisotopic (exact) mass is 699 g/mol. The van der Waals surface area contributed by atoms with Crippen molar-refractivity contribution in [1.29, 1.82) is 0 Å². The van der Waals surface area contributed by atoms with Crippen molar-refractivity contribution in [3.05, 3.63) is 231 Å². The third-order valence-electron chi connectivity index (χ3n) is 10.3. The van der Waals surface area contributed by atoms with Crippen LogP contribution < -0.4 is 4.90 Å². The average molecular weight is 700 g/mol. The summed E-state index contributed by atoms with van der Waals surface area (Å²) in [6, 6.07) is 58.0. The van der Waals surface area contributed by atoms with Gasteiger partial charge in [0.25, 0.3) is 0 Å². The van der Waals surface area contributed by atoms with Crippen molar-refractivity contribution < 1.29 is 4.79 Å². The van der Waals surface area contributed by atoms with Crippen LogP contribution in [0, 0.1) is 34.6 Å². The molecule has 0 aromatic heterocycles. The minimum atomic E-state index is 0.664. The highest BCUT2D eigenvalue weighted by Crippen LogP contribution is 2.38. The lowest BCUT2D eigenvalue weighted by molar-refractivity contribution is 0.112. The topological polar surface area (TPSA) is 20.3 Å². The average Bonchev–Trinajstić information content (AvgIpc) is 3.20. The van der Waals surface area contributed by atoms with E-state index in [9.17, 15) is 4.79 Å². The first-order valence-corrected chi connectivity index (χ1v) is 18.5. The van der Waals surface area contributed by atoms with E-state index in [1.807, 2.05) is 18.2 Å². The third kappa shape index (κ3) is 7.94. The number of aryl methyl sites for hydroxylation is 5. The van der Waals surface area contributed by atoms with Crippen LogP contribution in [0.15, 0.2) is 164 Å². The predicted molar refractivity (Wildman–Crippen MR) is 230 cm³/mol. The van der Waals surface area contributed by atoms with Crippen molar-refractivity contribution in [2.45, 2.75) is 34.6 Å². The molecule has 7 aromatic rings. The zero-order valence-electron chi connectivity index (χ0n) is 31.7. The van der Waals surface area contributed by atoms with Gasteiger partial charge in [0.15, 0.2) is 0 Å². The van der Waals surface area contributed by atoms with Crippen molar-refractivity contribution in [3.8, 4) is 0 Å². The van der Waals surface area contributed by atoms with Gasteiger partial charge in [-0.2, -0.15) is 0 Å². The zero-order valence-corrected chi connectivity index (χ0v) is 31.7. The Morgan fingerprint density at radius 2 is 0.815 bits per heavy atom. The van der Waals surface area contributed by atoms with E-state index in [1.54, 1.807) is 0 Å². The lowest BCUT2D eigenvalue weighted by Gasteiger charge is -2.27. The number of benzene rings is 7. The Morgan fingerprint density at radius 3 is 1.20 bits per heavy atom. The first kappa shape index (κ1) is 35.9.